The number of nitrogens with one attached hydrogen (secondary N) is 1. The SMILES string of the molecule is COC(=O)[C@@H]1CCN(C)C[C@H]1NC(=O)OC(C)(C)C. The zero-order valence-electron chi connectivity index (χ0n) is 12.4. The van der Waals surface area contributed by atoms with E-state index in [0.717, 1.165) is 6.54 Å². The third-order valence-corrected chi connectivity index (χ3v) is 3.02. The highest BCUT2D eigenvalue weighted by Gasteiger charge is 2.35. The summed E-state index contributed by atoms with van der Waals surface area (Å²) in [5.74, 6) is -0.595. The van der Waals surface area contributed by atoms with Crippen LogP contribution in [0, 0.1) is 5.92 Å². The first-order valence-corrected chi connectivity index (χ1v) is 6.49. The van der Waals surface area contributed by atoms with Crippen LogP contribution in [0.1, 0.15) is 27.2 Å². The number of nitrogens with zero attached hydrogens (tertiary/aromatic N) is 1. The largest absolute Gasteiger partial charge is 0.469 e. The fourth-order valence-corrected chi connectivity index (χ4v) is 2.15. The van der Waals surface area contributed by atoms with Crippen molar-refractivity contribution in [1.82, 2.24) is 10.2 Å². The van der Waals surface area contributed by atoms with Crippen LogP contribution in [0.25, 0.3) is 0 Å². The lowest BCUT2D eigenvalue weighted by molar-refractivity contribution is -0.148. The van der Waals surface area contributed by atoms with Crippen LogP contribution in [0.3, 0.4) is 0 Å². The summed E-state index contributed by atoms with van der Waals surface area (Å²) in [6.07, 6.45) is 0.172. The molecule has 0 aliphatic carbocycles. The van der Waals surface area contributed by atoms with Crippen molar-refractivity contribution in [2.24, 2.45) is 5.92 Å². The highest BCUT2D eigenvalue weighted by molar-refractivity contribution is 5.75. The number of methoxy groups -OCH3 is 1. The van der Waals surface area contributed by atoms with Crippen LogP contribution in [-0.4, -0.2) is 55.9 Å². The maximum atomic E-state index is 11.8. The van der Waals surface area contributed by atoms with Crippen molar-refractivity contribution < 1.29 is 19.1 Å². The topological polar surface area (TPSA) is 67.9 Å². The van der Waals surface area contributed by atoms with Gasteiger partial charge in [0.15, 0.2) is 0 Å². The molecule has 1 heterocycles. The second-order valence-corrected chi connectivity index (χ2v) is 5.93. The lowest BCUT2D eigenvalue weighted by Gasteiger charge is -2.35. The van der Waals surface area contributed by atoms with Gasteiger partial charge >= 0.3 is 12.1 Å². The molecule has 1 aliphatic rings. The summed E-state index contributed by atoms with van der Waals surface area (Å²) >= 11 is 0. The number of likely N-dealkylation sites (N-methyl/N-ethyl adjacent to an activating group) is 1. The van der Waals surface area contributed by atoms with Crippen molar-refractivity contribution in [3.8, 4) is 0 Å². The van der Waals surface area contributed by atoms with Gasteiger partial charge in [-0.05, 0) is 40.8 Å². The van der Waals surface area contributed by atoms with E-state index in [1.165, 1.54) is 7.11 Å². The van der Waals surface area contributed by atoms with Crippen LogP contribution in [0.5, 0.6) is 0 Å². The molecule has 1 fully saturated rings. The molecule has 0 radical (unpaired) electrons. The van der Waals surface area contributed by atoms with Crippen LogP contribution in [0.4, 0.5) is 4.79 Å². The first-order chi connectivity index (χ1) is 8.73. The van der Waals surface area contributed by atoms with Crippen LogP contribution < -0.4 is 5.32 Å². The monoisotopic (exact) mass is 272 g/mol. The summed E-state index contributed by atoms with van der Waals surface area (Å²) < 4.78 is 10.0. The van der Waals surface area contributed by atoms with Crippen molar-refractivity contribution in [3.63, 3.8) is 0 Å². The number of alkyl carbamates (subject to hydrolysis) is 1. The molecular formula is C13H24N2O4. The van der Waals surface area contributed by atoms with E-state index in [-0.39, 0.29) is 17.9 Å². The third kappa shape index (κ3) is 5.06. The number of carbonyl (C=O) groups excluding carboxylic acids is 2. The van der Waals surface area contributed by atoms with Gasteiger partial charge in [-0.25, -0.2) is 4.79 Å². The Morgan fingerprint density at radius 2 is 1.95 bits per heavy atom. The summed E-state index contributed by atoms with van der Waals surface area (Å²) in [5, 5.41) is 2.77. The molecular weight excluding hydrogens is 248 g/mol. The number of amides is 1. The van der Waals surface area contributed by atoms with Crippen molar-refractivity contribution in [2.75, 3.05) is 27.2 Å². The minimum Gasteiger partial charge on any atom is -0.469 e. The predicted molar refractivity (Wildman–Crippen MR) is 70.8 cm³/mol. The van der Waals surface area contributed by atoms with Gasteiger partial charge in [0, 0.05) is 6.54 Å². The highest BCUT2D eigenvalue weighted by atomic mass is 16.6. The average Bonchev–Trinajstić information content (AvgIpc) is 2.25. The van der Waals surface area contributed by atoms with Crippen molar-refractivity contribution in [3.05, 3.63) is 0 Å². The quantitative estimate of drug-likeness (QED) is 0.760. The van der Waals surface area contributed by atoms with Crippen LogP contribution >= 0.6 is 0 Å². The normalized spacial score (nSPS) is 24.7. The lowest BCUT2D eigenvalue weighted by atomic mass is 9.92. The fraction of sp³-hybridized carbons (Fsp3) is 0.846. The Morgan fingerprint density at radius 1 is 1.32 bits per heavy atom. The number of piperidine rings is 1. The molecule has 19 heavy (non-hydrogen) atoms. The number of hydrogen-bond donors (Lipinski definition) is 1. The summed E-state index contributed by atoms with van der Waals surface area (Å²) in [6, 6.07) is -0.277. The molecule has 0 saturated carbocycles. The number of rotatable bonds is 2. The van der Waals surface area contributed by atoms with E-state index in [1.807, 2.05) is 7.05 Å². The molecule has 0 bridgehead atoms. The molecule has 1 aliphatic heterocycles. The summed E-state index contributed by atoms with van der Waals surface area (Å²) in [5.41, 5.74) is -0.550. The van der Waals surface area contributed by atoms with Gasteiger partial charge in [-0.15, -0.1) is 0 Å². The van der Waals surface area contributed by atoms with Gasteiger partial charge in [-0.1, -0.05) is 0 Å². The summed E-state index contributed by atoms with van der Waals surface area (Å²) in [6.45, 7) is 6.83. The summed E-state index contributed by atoms with van der Waals surface area (Å²) in [7, 11) is 3.32. The maximum absolute atomic E-state index is 11.8. The molecule has 1 saturated heterocycles. The van der Waals surface area contributed by atoms with E-state index in [1.54, 1.807) is 20.8 Å². The predicted octanol–water partition coefficient (Wildman–Crippen LogP) is 1.00. The Morgan fingerprint density at radius 3 is 2.47 bits per heavy atom. The molecule has 1 rings (SSSR count). The molecule has 1 N–H and O–H groups in total. The molecule has 110 valence electrons. The molecule has 6 nitrogen and oxygen atoms in total. The Balaban J connectivity index is 2.65. The van der Waals surface area contributed by atoms with Gasteiger partial charge in [0.1, 0.15) is 5.60 Å². The zero-order chi connectivity index (χ0) is 14.6. The highest BCUT2D eigenvalue weighted by Crippen LogP contribution is 2.19. The van der Waals surface area contributed by atoms with E-state index in [4.69, 9.17) is 9.47 Å². The van der Waals surface area contributed by atoms with E-state index in [2.05, 4.69) is 10.2 Å². The lowest BCUT2D eigenvalue weighted by Crippen LogP contribution is -2.54. The number of likely N-dealkylation sites (tertiary alicyclic amines) is 1. The van der Waals surface area contributed by atoms with E-state index < -0.39 is 11.7 Å². The Hall–Kier alpha value is -1.30. The minimum absolute atomic E-state index is 0.277. The zero-order valence-corrected chi connectivity index (χ0v) is 12.4. The molecule has 1 amide bonds. The standard InChI is InChI=1S/C13H24N2O4/c1-13(2,3)19-12(17)14-10-8-15(4)7-6-9(10)11(16)18-5/h9-10H,6-8H2,1-5H3,(H,14,17)/t9-,10-/m1/s1. The van der Waals surface area contributed by atoms with Gasteiger partial charge in [0.25, 0.3) is 0 Å². The number of carbonyl (C=O) groups is 2. The van der Waals surface area contributed by atoms with Crippen LogP contribution in [0.2, 0.25) is 0 Å². The van der Waals surface area contributed by atoms with Gasteiger partial charge in [-0.2, -0.15) is 0 Å². The molecule has 0 aromatic carbocycles. The number of ether oxygens (including phenoxy) is 2. The van der Waals surface area contributed by atoms with Crippen LogP contribution in [0.15, 0.2) is 0 Å². The second-order valence-electron chi connectivity index (χ2n) is 5.93. The maximum Gasteiger partial charge on any atom is 0.407 e. The summed E-state index contributed by atoms with van der Waals surface area (Å²) in [4.78, 5) is 25.6. The molecule has 0 unspecified atom stereocenters. The fourth-order valence-electron chi connectivity index (χ4n) is 2.15. The Labute approximate surface area is 114 Å². The van der Waals surface area contributed by atoms with Crippen LogP contribution in [-0.2, 0) is 14.3 Å². The van der Waals surface area contributed by atoms with Gasteiger partial charge in [0.05, 0.1) is 19.1 Å². The van der Waals surface area contributed by atoms with Crippen molar-refractivity contribution >= 4 is 12.1 Å². The first kappa shape index (κ1) is 15.8. The van der Waals surface area contributed by atoms with Gasteiger partial charge < -0.3 is 19.7 Å². The number of hydrogen-bond acceptors (Lipinski definition) is 5. The molecule has 0 spiro atoms. The van der Waals surface area contributed by atoms with E-state index in [0.29, 0.717) is 13.0 Å². The minimum atomic E-state index is -0.550. The van der Waals surface area contributed by atoms with Gasteiger partial charge in [0.2, 0.25) is 0 Å². The Kier molecular flexibility index (Phi) is 5.17. The number of esters is 1. The first-order valence-electron chi connectivity index (χ1n) is 6.49. The molecule has 6 heteroatoms. The molecule has 2 atom stereocenters. The average molecular weight is 272 g/mol. The van der Waals surface area contributed by atoms with E-state index >= 15 is 0 Å². The smallest absolute Gasteiger partial charge is 0.407 e. The van der Waals surface area contributed by atoms with E-state index in [9.17, 15) is 9.59 Å². The molecule has 0 aromatic heterocycles. The van der Waals surface area contributed by atoms with Gasteiger partial charge in [-0.3, -0.25) is 4.79 Å². The second kappa shape index (κ2) is 6.23. The Bertz CT molecular complexity index is 338. The molecule has 0 aromatic rings. The third-order valence-electron chi connectivity index (χ3n) is 3.02. The van der Waals surface area contributed by atoms with Crippen molar-refractivity contribution in [1.29, 1.82) is 0 Å². The van der Waals surface area contributed by atoms with Crippen molar-refractivity contribution in [2.45, 2.75) is 38.8 Å².